The first-order chi connectivity index (χ1) is 6.18. The second kappa shape index (κ2) is 8.52. The van der Waals surface area contributed by atoms with Crippen LogP contribution in [0.1, 0.15) is 46.0 Å². The van der Waals surface area contributed by atoms with E-state index in [1.165, 1.54) is 38.6 Å². The Balaban J connectivity index is 3.07. The molecule has 0 bridgehead atoms. The first-order valence-electron chi connectivity index (χ1n) is 5.58. The maximum atomic E-state index is 5.42. The first kappa shape index (κ1) is 12.9. The molecule has 0 heterocycles. The zero-order valence-electron chi connectivity index (χ0n) is 9.55. The van der Waals surface area contributed by atoms with Crippen molar-refractivity contribution in [1.29, 1.82) is 0 Å². The highest BCUT2D eigenvalue weighted by molar-refractivity contribution is 4.56. The van der Waals surface area contributed by atoms with Crippen LogP contribution in [0, 0.1) is 0 Å². The van der Waals surface area contributed by atoms with Gasteiger partial charge in [0.25, 0.3) is 0 Å². The van der Waals surface area contributed by atoms with E-state index in [4.69, 9.17) is 5.73 Å². The Kier molecular flexibility index (Phi) is 8.46. The number of nitrogens with zero attached hydrogens (tertiary/aromatic N) is 1. The van der Waals surface area contributed by atoms with Crippen LogP contribution in [0.5, 0.6) is 0 Å². The van der Waals surface area contributed by atoms with Crippen LogP contribution in [0.2, 0.25) is 0 Å². The molecule has 0 aromatic heterocycles. The quantitative estimate of drug-likeness (QED) is 0.589. The minimum absolute atomic E-state index is 0.684. The fourth-order valence-corrected chi connectivity index (χ4v) is 1.29. The molecule has 2 heteroatoms. The van der Waals surface area contributed by atoms with E-state index in [0.717, 1.165) is 6.54 Å². The third-order valence-electron chi connectivity index (χ3n) is 2.60. The van der Waals surface area contributed by atoms with Gasteiger partial charge in [0.15, 0.2) is 0 Å². The van der Waals surface area contributed by atoms with Gasteiger partial charge in [-0.2, -0.15) is 0 Å². The van der Waals surface area contributed by atoms with Crippen LogP contribution >= 0.6 is 0 Å². The molecule has 0 radical (unpaired) electrons. The molecule has 0 aromatic rings. The Bertz CT molecular complexity index is 102. The van der Waals surface area contributed by atoms with Crippen molar-refractivity contribution in [1.82, 2.24) is 4.90 Å². The second-order valence-electron chi connectivity index (χ2n) is 4.13. The van der Waals surface area contributed by atoms with Gasteiger partial charge in [-0.05, 0) is 46.8 Å². The van der Waals surface area contributed by atoms with Crippen molar-refractivity contribution >= 4 is 0 Å². The summed E-state index contributed by atoms with van der Waals surface area (Å²) in [6, 6.07) is 0.684. The van der Waals surface area contributed by atoms with Crippen molar-refractivity contribution in [2.75, 3.05) is 20.1 Å². The summed E-state index contributed by atoms with van der Waals surface area (Å²) in [6.07, 6.45) is 6.54. The largest absolute Gasteiger partial charge is 0.330 e. The summed E-state index contributed by atoms with van der Waals surface area (Å²) in [5.74, 6) is 0. The van der Waals surface area contributed by atoms with Gasteiger partial charge in [0.2, 0.25) is 0 Å². The number of nitrogens with two attached hydrogens (primary N) is 1. The van der Waals surface area contributed by atoms with Crippen molar-refractivity contribution in [3.8, 4) is 0 Å². The fourth-order valence-electron chi connectivity index (χ4n) is 1.29. The predicted molar refractivity (Wildman–Crippen MR) is 59.9 cm³/mol. The topological polar surface area (TPSA) is 29.3 Å². The zero-order valence-corrected chi connectivity index (χ0v) is 9.55. The first-order valence-corrected chi connectivity index (χ1v) is 5.58. The van der Waals surface area contributed by atoms with Gasteiger partial charge in [-0.1, -0.05) is 19.3 Å². The molecule has 0 spiro atoms. The molecule has 0 saturated heterocycles. The molecule has 80 valence electrons. The van der Waals surface area contributed by atoms with E-state index in [-0.39, 0.29) is 0 Å². The van der Waals surface area contributed by atoms with Crippen molar-refractivity contribution in [2.24, 2.45) is 5.73 Å². The molecule has 0 rings (SSSR count). The molecule has 2 nitrogen and oxygen atoms in total. The van der Waals surface area contributed by atoms with E-state index in [9.17, 15) is 0 Å². The van der Waals surface area contributed by atoms with Crippen LogP contribution in [0.4, 0.5) is 0 Å². The van der Waals surface area contributed by atoms with Crippen LogP contribution < -0.4 is 5.73 Å². The van der Waals surface area contributed by atoms with Crippen molar-refractivity contribution in [2.45, 2.75) is 52.0 Å². The third-order valence-corrected chi connectivity index (χ3v) is 2.60. The average Bonchev–Trinajstić information content (AvgIpc) is 2.10. The van der Waals surface area contributed by atoms with Gasteiger partial charge in [-0.15, -0.1) is 0 Å². The highest BCUT2D eigenvalue weighted by Crippen LogP contribution is 2.04. The van der Waals surface area contributed by atoms with Gasteiger partial charge in [0.05, 0.1) is 0 Å². The maximum Gasteiger partial charge on any atom is 0.00355 e. The molecular weight excluding hydrogens is 160 g/mol. The lowest BCUT2D eigenvalue weighted by atomic mass is 10.1. The van der Waals surface area contributed by atoms with E-state index in [0.29, 0.717) is 6.04 Å². The van der Waals surface area contributed by atoms with Crippen LogP contribution in [0.15, 0.2) is 0 Å². The van der Waals surface area contributed by atoms with E-state index >= 15 is 0 Å². The number of hydrogen-bond acceptors (Lipinski definition) is 2. The smallest absolute Gasteiger partial charge is 0.00355 e. The Morgan fingerprint density at radius 2 is 1.54 bits per heavy atom. The standard InChI is InChI=1S/C11H26N2/c1-11(2)13(3)10-8-6-4-5-7-9-12/h11H,4-10,12H2,1-3H3. The van der Waals surface area contributed by atoms with Gasteiger partial charge in [0.1, 0.15) is 0 Å². The predicted octanol–water partition coefficient (Wildman–Crippen LogP) is 2.24. The van der Waals surface area contributed by atoms with Crippen LogP contribution in [-0.2, 0) is 0 Å². The molecular formula is C11H26N2. The normalized spacial score (nSPS) is 11.5. The fraction of sp³-hybridized carbons (Fsp3) is 1.00. The summed E-state index contributed by atoms with van der Waals surface area (Å²) < 4.78 is 0. The summed E-state index contributed by atoms with van der Waals surface area (Å²) in [5, 5.41) is 0. The summed E-state index contributed by atoms with van der Waals surface area (Å²) in [5.41, 5.74) is 5.42. The lowest BCUT2D eigenvalue weighted by Crippen LogP contribution is -2.27. The van der Waals surface area contributed by atoms with Gasteiger partial charge >= 0.3 is 0 Å². The minimum Gasteiger partial charge on any atom is -0.330 e. The van der Waals surface area contributed by atoms with Crippen LogP contribution in [0.3, 0.4) is 0 Å². The third kappa shape index (κ3) is 8.26. The Morgan fingerprint density at radius 1 is 1.00 bits per heavy atom. The van der Waals surface area contributed by atoms with E-state index in [1.807, 2.05) is 0 Å². The van der Waals surface area contributed by atoms with Gasteiger partial charge < -0.3 is 10.6 Å². The van der Waals surface area contributed by atoms with Gasteiger partial charge in [0, 0.05) is 6.04 Å². The monoisotopic (exact) mass is 186 g/mol. The van der Waals surface area contributed by atoms with E-state index in [1.54, 1.807) is 0 Å². The van der Waals surface area contributed by atoms with Crippen molar-refractivity contribution in [3.63, 3.8) is 0 Å². The molecule has 0 aliphatic carbocycles. The minimum atomic E-state index is 0.684. The Hall–Kier alpha value is -0.0800. The molecule has 0 fully saturated rings. The summed E-state index contributed by atoms with van der Waals surface area (Å²) >= 11 is 0. The zero-order chi connectivity index (χ0) is 10.1. The lowest BCUT2D eigenvalue weighted by molar-refractivity contribution is 0.267. The molecule has 0 unspecified atom stereocenters. The van der Waals surface area contributed by atoms with E-state index < -0.39 is 0 Å². The van der Waals surface area contributed by atoms with Crippen LogP contribution in [-0.4, -0.2) is 31.1 Å². The summed E-state index contributed by atoms with van der Waals surface area (Å²) in [7, 11) is 2.20. The Labute approximate surface area is 83.5 Å². The van der Waals surface area contributed by atoms with E-state index in [2.05, 4.69) is 25.8 Å². The number of rotatable bonds is 8. The molecule has 13 heavy (non-hydrogen) atoms. The van der Waals surface area contributed by atoms with Crippen molar-refractivity contribution in [3.05, 3.63) is 0 Å². The molecule has 0 aliphatic heterocycles. The SMILES string of the molecule is CC(C)N(C)CCCCCCCN. The molecule has 2 N–H and O–H groups in total. The molecule has 0 amide bonds. The van der Waals surface area contributed by atoms with Gasteiger partial charge in [-0.3, -0.25) is 0 Å². The molecule has 0 saturated carbocycles. The van der Waals surface area contributed by atoms with Crippen molar-refractivity contribution < 1.29 is 0 Å². The van der Waals surface area contributed by atoms with Gasteiger partial charge in [-0.25, -0.2) is 0 Å². The maximum absolute atomic E-state index is 5.42. The highest BCUT2D eigenvalue weighted by Gasteiger charge is 2.01. The summed E-state index contributed by atoms with van der Waals surface area (Å²) in [4.78, 5) is 2.41. The van der Waals surface area contributed by atoms with Crippen LogP contribution in [0.25, 0.3) is 0 Å². The molecule has 0 atom stereocenters. The molecule has 0 aliphatic rings. The summed E-state index contributed by atoms with van der Waals surface area (Å²) in [6.45, 7) is 6.58. The number of unbranched alkanes of at least 4 members (excludes halogenated alkanes) is 4. The second-order valence-corrected chi connectivity index (χ2v) is 4.13. The average molecular weight is 186 g/mol. The lowest BCUT2D eigenvalue weighted by Gasteiger charge is -2.20. The highest BCUT2D eigenvalue weighted by atomic mass is 15.1. The number of hydrogen-bond donors (Lipinski definition) is 1. The molecule has 0 aromatic carbocycles. The Morgan fingerprint density at radius 3 is 2.08 bits per heavy atom.